The average molecular weight is 213 g/mol. The number of amides is 1. The number of nitrogens with one attached hydrogen (secondary N) is 1. The molecular formula is C11H23N3O. The van der Waals surface area contributed by atoms with Gasteiger partial charge in [0.25, 0.3) is 0 Å². The van der Waals surface area contributed by atoms with Gasteiger partial charge in [-0.25, -0.2) is 0 Å². The molecule has 1 aliphatic heterocycles. The van der Waals surface area contributed by atoms with Gasteiger partial charge in [-0.05, 0) is 34.0 Å². The average Bonchev–Trinajstić information content (AvgIpc) is 2.61. The van der Waals surface area contributed by atoms with Crippen LogP contribution in [-0.4, -0.2) is 62.5 Å². The van der Waals surface area contributed by atoms with Gasteiger partial charge in [0.15, 0.2) is 0 Å². The summed E-state index contributed by atoms with van der Waals surface area (Å²) < 4.78 is 0. The highest BCUT2D eigenvalue weighted by Crippen LogP contribution is 2.18. The normalized spacial score (nSPS) is 21.3. The molecule has 88 valence electrons. The molecule has 1 unspecified atom stereocenters. The van der Waals surface area contributed by atoms with Gasteiger partial charge < -0.3 is 15.1 Å². The Kier molecular flexibility index (Phi) is 5.05. The summed E-state index contributed by atoms with van der Waals surface area (Å²) in [7, 11) is 6.01. The summed E-state index contributed by atoms with van der Waals surface area (Å²) in [4.78, 5) is 16.1. The van der Waals surface area contributed by atoms with Crippen LogP contribution in [0.5, 0.6) is 0 Å². The predicted molar refractivity (Wildman–Crippen MR) is 61.8 cm³/mol. The molecule has 0 aromatic heterocycles. The molecule has 15 heavy (non-hydrogen) atoms. The number of nitrogens with zero attached hydrogens (tertiary/aromatic N) is 2. The Balaban J connectivity index is 2.41. The molecule has 0 saturated carbocycles. The fraction of sp³-hybridized carbons (Fsp3) is 0.909. The number of carbonyl (C=O) groups excluding carboxylic acids is 1. The van der Waals surface area contributed by atoms with Gasteiger partial charge >= 0.3 is 0 Å². The minimum absolute atomic E-state index is 0.300. The highest BCUT2D eigenvalue weighted by atomic mass is 16.2. The molecule has 1 atom stereocenters. The molecule has 0 aromatic rings. The van der Waals surface area contributed by atoms with E-state index >= 15 is 0 Å². The van der Waals surface area contributed by atoms with Crippen molar-refractivity contribution in [3.05, 3.63) is 0 Å². The first-order valence-corrected chi connectivity index (χ1v) is 5.74. The van der Waals surface area contributed by atoms with Crippen molar-refractivity contribution >= 4 is 5.91 Å². The first-order valence-electron chi connectivity index (χ1n) is 5.74. The van der Waals surface area contributed by atoms with Crippen LogP contribution in [0.15, 0.2) is 0 Å². The molecule has 1 N–H and O–H groups in total. The van der Waals surface area contributed by atoms with E-state index in [1.54, 1.807) is 0 Å². The Hall–Kier alpha value is -0.610. The van der Waals surface area contributed by atoms with Crippen molar-refractivity contribution in [2.24, 2.45) is 0 Å². The molecule has 1 fully saturated rings. The summed E-state index contributed by atoms with van der Waals surface area (Å²) in [6, 6.07) is 0.435. The topological polar surface area (TPSA) is 35.6 Å². The third-order valence-corrected chi connectivity index (χ3v) is 2.86. The fourth-order valence-corrected chi connectivity index (χ4v) is 2.15. The summed E-state index contributed by atoms with van der Waals surface area (Å²) in [5.74, 6) is 0.300. The lowest BCUT2D eigenvalue weighted by molar-refractivity contribution is -0.132. The molecule has 1 saturated heterocycles. The van der Waals surface area contributed by atoms with Gasteiger partial charge in [0.1, 0.15) is 0 Å². The molecule has 0 aromatic carbocycles. The van der Waals surface area contributed by atoms with E-state index in [4.69, 9.17) is 0 Å². The van der Waals surface area contributed by atoms with Crippen LogP contribution in [0.2, 0.25) is 0 Å². The largest absolute Gasteiger partial charge is 0.338 e. The van der Waals surface area contributed by atoms with Crippen molar-refractivity contribution in [3.63, 3.8) is 0 Å². The van der Waals surface area contributed by atoms with Crippen LogP contribution in [0.4, 0.5) is 0 Å². The Morgan fingerprint density at radius 1 is 1.53 bits per heavy atom. The van der Waals surface area contributed by atoms with Crippen LogP contribution in [0, 0.1) is 0 Å². The van der Waals surface area contributed by atoms with Crippen molar-refractivity contribution in [2.45, 2.75) is 25.3 Å². The molecule has 0 radical (unpaired) electrons. The minimum Gasteiger partial charge on any atom is -0.338 e. The van der Waals surface area contributed by atoms with E-state index in [9.17, 15) is 4.79 Å². The second-order valence-corrected chi connectivity index (χ2v) is 4.50. The van der Waals surface area contributed by atoms with E-state index in [1.807, 2.05) is 7.05 Å². The maximum atomic E-state index is 11.9. The van der Waals surface area contributed by atoms with Crippen molar-refractivity contribution < 1.29 is 4.79 Å². The summed E-state index contributed by atoms with van der Waals surface area (Å²) in [6.07, 6.45) is 2.94. The lowest BCUT2D eigenvalue weighted by atomic mass is 10.2. The number of hydrogen-bond acceptors (Lipinski definition) is 3. The van der Waals surface area contributed by atoms with Crippen LogP contribution < -0.4 is 5.32 Å². The maximum absolute atomic E-state index is 11.9. The molecule has 4 nitrogen and oxygen atoms in total. The number of rotatable bonds is 5. The van der Waals surface area contributed by atoms with Crippen LogP contribution in [0.25, 0.3) is 0 Å². The number of carbonyl (C=O) groups is 1. The Bertz CT molecular complexity index is 206. The molecule has 0 spiro atoms. The van der Waals surface area contributed by atoms with Crippen molar-refractivity contribution in [3.8, 4) is 0 Å². The van der Waals surface area contributed by atoms with Gasteiger partial charge in [0, 0.05) is 32.1 Å². The Morgan fingerprint density at radius 3 is 2.87 bits per heavy atom. The van der Waals surface area contributed by atoms with Gasteiger partial charge in [0.05, 0.1) is 0 Å². The summed E-state index contributed by atoms with van der Waals surface area (Å²) in [6.45, 7) is 2.72. The van der Waals surface area contributed by atoms with Crippen molar-refractivity contribution in [1.82, 2.24) is 15.1 Å². The molecule has 0 bridgehead atoms. The predicted octanol–water partition coefficient (Wildman–Crippen LogP) is 0.149. The number of likely N-dealkylation sites (N-methyl/N-ethyl adjacent to an activating group) is 1. The highest BCUT2D eigenvalue weighted by molar-refractivity contribution is 5.77. The van der Waals surface area contributed by atoms with Crippen LogP contribution in [0.3, 0.4) is 0 Å². The van der Waals surface area contributed by atoms with E-state index in [1.165, 1.54) is 0 Å². The van der Waals surface area contributed by atoms with Gasteiger partial charge in [-0.3, -0.25) is 4.79 Å². The molecule has 1 amide bonds. The lowest BCUT2D eigenvalue weighted by Gasteiger charge is -2.27. The minimum atomic E-state index is 0.300. The zero-order valence-corrected chi connectivity index (χ0v) is 10.1. The van der Waals surface area contributed by atoms with Gasteiger partial charge in [-0.15, -0.1) is 0 Å². The first-order chi connectivity index (χ1) is 7.15. The second kappa shape index (κ2) is 6.08. The lowest BCUT2D eigenvalue weighted by Crippen LogP contribution is -2.42. The Morgan fingerprint density at radius 2 is 2.27 bits per heavy atom. The van der Waals surface area contributed by atoms with Gasteiger partial charge in [-0.1, -0.05) is 0 Å². The fourth-order valence-electron chi connectivity index (χ4n) is 2.15. The van der Waals surface area contributed by atoms with Crippen molar-refractivity contribution in [1.29, 1.82) is 0 Å². The molecular weight excluding hydrogens is 190 g/mol. The third kappa shape index (κ3) is 3.80. The smallest absolute Gasteiger partial charge is 0.224 e. The second-order valence-electron chi connectivity index (χ2n) is 4.50. The first kappa shape index (κ1) is 12.5. The quantitative estimate of drug-likeness (QED) is 0.706. The molecule has 1 heterocycles. The highest BCUT2D eigenvalue weighted by Gasteiger charge is 2.28. The molecule has 1 rings (SSSR count). The van der Waals surface area contributed by atoms with E-state index in [-0.39, 0.29) is 0 Å². The summed E-state index contributed by atoms with van der Waals surface area (Å²) in [5.41, 5.74) is 0. The molecule has 0 aliphatic carbocycles. The van der Waals surface area contributed by atoms with E-state index < -0.39 is 0 Å². The SMILES string of the molecule is CNCCC(=O)N1CCCC1CN(C)C. The van der Waals surface area contributed by atoms with Gasteiger partial charge in [-0.2, -0.15) is 0 Å². The monoisotopic (exact) mass is 213 g/mol. The molecule has 1 aliphatic rings. The van der Waals surface area contributed by atoms with E-state index in [2.05, 4.69) is 29.2 Å². The zero-order valence-electron chi connectivity index (χ0n) is 10.1. The Labute approximate surface area is 92.6 Å². The summed E-state index contributed by atoms with van der Waals surface area (Å²) in [5, 5.41) is 3.02. The maximum Gasteiger partial charge on any atom is 0.224 e. The number of hydrogen-bond donors (Lipinski definition) is 1. The number of likely N-dealkylation sites (tertiary alicyclic amines) is 1. The zero-order chi connectivity index (χ0) is 11.3. The molecule has 4 heteroatoms. The third-order valence-electron chi connectivity index (χ3n) is 2.86. The van der Waals surface area contributed by atoms with Crippen LogP contribution >= 0.6 is 0 Å². The van der Waals surface area contributed by atoms with Crippen LogP contribution in [-0.2, 0) is 4.79 Å². The standard InChI is InChI=1S/C11H23N3O/c1-12-7-6-11(15)14-8-4-5-10(14)9-13(2)3/h10,12H,4-9H2,1-3H3. The van der Waals surface area contributed by atoms with E-state index in [0.717, 1.165) is 32.5 Å². The van der Waals surface area contributed by atoms with Gasteiger partial charge in [0.2, 0.25) is 5.91 Å². The summed E-state index contributed by atoms with van der Waals surface area (Å²) >= 11 is 0. The van der Waals surface area contributed by atoms with Crippen molar-refractivity contribution in [2.75, 3.05) is 40.8 Å². The van der Waals surface area contributed by atoms with Crippen LogP contribution in [0.1, 0.15) is 19.3 Å². The van der Waals surface area contributed by atoms with E-state index in [0.29, 0.717) is 18.4 Å².